The molecule has 0 amide bonds. The third-order valence-corrected chi connectivity index (χ3v) is 2.64. The molecule has 0 aliphatic heterocycles. The predicted molar refractivity (Wildman–Crippen MR) is 68.8 cm³/mol. The van der Waals surface area contributed by atoms with E-state index in [9.17, 15) is 9.18 Å². The van der Waals surface area contributed by atoms with E-state index >= 15 is 0 Å². The lowest BCUT2D eigenvalue weighted by molar-refractivity contribution is -0.145. The smallest absolute Gasteiger partial charge is 0.307 e. The number of ether oxygens (including phenoxy) is 1. The zero-order valence-electron chi connectivity index (χ0n) is 10.5. The van der Waals surface area contributed by atoms with Gasteiger partial charge in [-0.3, -0.25) is 4.79 Å². The van der Waals surface area contributed by atoms with Crippen LogP contribution in [0, 0.1) is 11.7 Å². The van der Waals surface area contributed by atoms with Gasteiger partial charge in [0.05, 0.1) is 18.1 Å². The molecule has 1 aromatic rings. The molecule has 0 aliphatic rings. The number of rotatable bonds is 5. The van der Waals surface area contributed by atoms with E-state index in [1.54, 1.807) is 6.07 Å². The standard InChI is InChI=1S/C13H17ClFNO2/c1-8(2)7-18-12(17)6-11(16)9-4-3-5-10(14)13(9)15/h3-5,8,11H,6-7,16H2,1-2H3/t11-/m1/s1. The monoisotopic (exact) mass is 273 g/mol. The summed E-state index contributed by atoms with van der Waals surface area (Å²) >= 11 is 5.65. The average molecular weight is 274 g/mol. The number of carbonyl (C=O) groups is 1. The molecule has 1 aromatic carbocycles. The Hall–Kier alpha value is -1.13. The molecule has 0 fully saturated rings. The third kappa shape index (κ3) is 4.27. The molecule has 0 saturated heterocycles. The first-order chi connectivity index (χ1) is 8.41. The quantitative estimate of drug-likeness (QED) is 0.839. The molecule has 0 aliphatic carbocycles. The highest BCUT2D eigenvalue weighted by molar-refractivity contribution is 6.30. The summed E-state index contributed by atoms with van der Waals surface area (Å²) in [5.74, 6) is -0.757. The Labute approximate surface area is 111 Å². The largest absolute Gasteiger partial charge is 0.465 e. The molecule has 0 spiro atoms. The van der Waals surface area contributed by atoms with Crippen molar-refractivity contribution in [1.82, 2.24) is 0 Å². The fourth-order valence-electron chi connectivity index (χ4n) is 1.41. The minimum Gasteiger partial charge on any atom is -0.465 e. The Morgan fingerprint density at radius 3 is 2.78 bits per heavy atom. The van der Waals surface area contributed by atoms with Gasteiger partial charge in [0.2, 0.25) is 0 Å². The van der Waals surface area contributed by atoms with E-state index in [1.165, 1.54) is 12.1 Å². The van der Waals surface area contributed by atoms with Crippen molar-refractivity contribution in [2.45, 2.75) is 26.3 Å². The predicted octanol–water partition coefficient (Wildman–Crippen LogP) is 3.07. The summed E-state index contributed by atoms with van der Waals surface area (Å²) in [5.41, 5.74) is 6.00. The SMILES string of the molecule is CC(C)COC(=O)C[C@@H](N)c1cccc(Cl)c1F. The summed E-state index contributed by atoms with van der Waals surface area (Å²) in [4.78, 5) is 11.5. The van der Waals surface area contributed by atoms with Crippen molar-refractivity contribution in [3.63, 3.8) is 0 Å². The maximum absolute atomic E-state index is 13.7. The number of hydrogen-bond donors (Lipinski definition) is 1. The summed E-state index contributed by atoms with van der Waals surface area (Å²) in [7, 11) is 0. The minimum atomic E-state index is -0.747. The van der Waals surface area contributed by atoms with Crippen LogP contribution in [0.4, 0.5) is 4.39 Å². The topological polar surface area (TPSA) is 52.3 Å². The van der Waals surface area contributed by atoms with Crippen LogP contribution in [0.15, 0.2) is 18.2 Å². The summed E-state index contributed by atoms with van der Waals surface area (Å²) in [5, 5.41) is -0.00139. The molecule has 0 aromatic heterocycles. The highest BCUT2D eigenvalue weighted by Crippen LogP contribution is 2.24. The lowest BCUT2D eigenvalue weighted by atomic mass is 10.0. The van der Waals surface area contributed by atoms with Gasteiger partial charge >= 0.3 is 5.97 Å². The van der Waals surface area contributed by atoms with Crippen molar-refractivity contribution in [2.75, 3.05) is 6.61 Å². The molecule has 100 valence electrons. The van der Waals surface area contributed by atoms with E-state index < -0.39 is 17.8 Å². The van der Waals surface area contributed by atoms with Crippen molar-refractivity contribution in [2.24, 2.45) is 11.7 Å². The van der Waals surface area contributed by atoms with Crippen molar-refractivity contribution in [1.29, 1.82) is 0 Å². The van der Waals surface area contributed by atoms with Gasteiger partial charge in [-0.25, -0.2) is 4.39 Å². The first-order valence-corrected chi connectivity index (χ1v) is 6.14. The number of esters is 1. The molecule has 0 saturated carbocycles. The minimum absolute atomic E-state index is 0.00139. The first kappa shape index (κ1) is 14.9. The molecule has 1 atom stereocenters. The highest BCUT2D eigenvalue weighted by Gasteiger charge is 2.18. The van der Waals surface area contributed by atoms with Gasteiger partial charge in [-0.15, -0.1) is 0 Å². The van der Waals surface area contributed by atoms with Crippen molar-refractivity contribution in [3.05, 3.63) is 34.6 Å². The van der Waals surface area contributed by atoms with Crippen LogP contribution in [-0.4, -0.2) is 12.6 Å². The molecular weight excluding hydrogens is 257 g/mol. The van der Waals surface area contributed by atoms with Crippen molar-refractivity contribution >= 4 is 17.6 Å². The lowest BCUT2D eigenvalue weighted by Crippen LogP contribution is -2.19. The van der Waals surface area contributed by atoms with Gasteiger partial charge in [0, 0.05) is 11.6 Å². The first-order valence-electron chi connectivity index (χ1n) is 5.77. The van der Waals surface area contributed by atoms with E-state index in [0.29, 0.717) is 6.61 Å². The van der Waals surface area contributed by atoms with Crippen LogP contribution >= 0.6 is 11.6 Å². The molecule has 0 unspecified atom stereocenters. The Morgan fingerprint density at radius 2 is 2.17 bits per heavy atom. The second-order valence-corrected chi connectivity index (χ2v) is 4.94. The molecule has 5 heteroatoms. The van der Waals surface area contributed by atoms with E-state index in [0.717, 1.165) is 0 Å². The summed E-state index contributed by atoms with van der Waals surface area (Å²) in [6.45, 7) is 4.21. The molecule has 0 bridgehead atoms. The summed E-state index contributed by atoms with van der Waals surface area (Å²) < 4.78 is 18.6. The maximum Gasteiger partial charge on any atom is 0.307 e. The van der Waals surface area contributed by atoms with Gasteiger partial charge in [0.25, 0.3) is 0 Å². The van der Waals surface area contributed by atoms with Crippen LogP contribution in [0.25, 0.3) is 0 Å². The normalized spacial score (nSPS) is 12.6. The number of halogens is 2. The summed E-state index contributed by atoms with van der Waals surface area (Å²) in [6, 6.07) is 3.80. The van der Waals surface area contributed by atoms with Crippen molar-refractivity contribution < 1.29 is 13.9 Å². The Morgan fingerprint density at radius 1 is 1.50 bits per heavy atom. The zero-order chi connectivity index (χ0) is 13.7. The van der Waals surface area contributed by atoms with Crippen LogP contribution in [0.5, 0.6) is 0 Å². The van der Waals surface area contributed by atoms with E-state index in [4.69, 9.17) is 22.1 Å². The lowest BCUT2D eigenvalue weighted by Gasteiger charge is -2.13. The molecular formula is C13H17ClFNO2. The third-order valence-electron chi connectivity index (χ3n) is 2.35. The number of benzene rings is 1. The highest BCUT2D eigenvalue weighted by atomic mass is 35.5. The van der Waals surface area contributed by atoms with E-state index in [2.05, 4.69) is 0 Å². The number of nitrogens with two attached hydrogens (primary N) is 1. The van der Waals surface area contributed by atoms with Gasteiger partial charge in [0.15, 0.2) is 0 Å². The maximum atomic E-state index is 13.7. The molecule has 2 N–H and O–H groups in total. The zero-order valence-corrected chi connectivity index (χ0v) is 11.2. The Balaban J connectivity index is 2.62. The van der Waals surface area contributed by atoms with Gasteiger partial charge < -0.3 is 10.5 Å². The number of carbonyl (C=O) groups excluding carboxylic acids is 1. The molecule has 0 heterocycles. The molecule has 1 rings (SSSR count). The van der Waals surface area contributed by atoms with E-state index in [1.807, 2.05) is 13.8 Å². The van der Waals surface area contributed by atoms with Crippen LogP contribution in [0.3, 0.4) is 0 Å². The Bertz CT molecular complexity index is 423. The van der Waals surface area contributed by atoms with Crippen LogP contribution in [-0.2, 0) is 9.53 Å². The average Bonchev–Trinajstić information content (AvgIpc) is 2.30. The van der Waals surface area contributed by atoms with Crippen LogP contribution in [0.2, 0.25) is 5.02 Å². The number of hydrogen-bond acceptors (Lipinski definition) is 3. The van der Waals surface area contributed by atoms with Crippen LogP contribution in [0.1, 0.15) is 31.9 Å². The van der Waals surface area contributed by atoms with Gasteiger partial charge in [0.1, 0.15) is 5.82 Å². The van der Waals surface area contributed by atoms with Gasteiger partial charge in [-0.2, -0.15) is 0 Å². The fraction of sp³-hybridized carbons (Fsp3) is 0.462. The van der Waals surface area contributed by atoms with Gasteiger partial charge in [-0.05, 0) is 12.0 Å². The van der Waals surface area contributed by atoms with Gasteiger partial charge in [-0.1, -0.05) is 37.6 Å². The summed E-state index contributed by atoms with van der Waals surface area (Å²) in [6.07, 6.45) is -0.0655. The van der Waals surface area contributed by atoms with Crippen LogP contribution < -0.4 is 5.73 Å². The Kier molecular flexibility index (Phi) is 5.56. The fourth-order valence-corrected chi connectivity index (χ4v) is 1.60. The van der Waals surface area contributed by atoms with E-state index in [-0.39, 0.29) is 22.9 Å². The molecule has 0 radical (unpaired) electrons. The molecule has 3 nitrogen and oxygen atoms in total. The second-order valence-electron chi connectivity index (χ2n) is 4.53. The molecule has 18 heavy (non-hydrogen) atoms. The van der Waals surface area contributed by atoms with Crippen molar-refractivity contribution in [3.8, 4) is 0 Å². The second kappa shape index (κ2) is 6.71.